The molecule has 0 atom stereocenters. The number of benzene rings is 1. The van der Waals surface area contributed by atoms with Gasteiger partial charge < -0.3 is 10.1 Å². The number of para-hydroxylation sites is 1. The molecule has 3 aromatic rings. The number of thiophene rings is 1. The Morgan fingerprint density at radius 2 is 2.19 bits per heavy atom. The van der Waals surface area contributed by atoms with Crippen LogP contribution in [0.5, 0.6) is 0 Å². The molecule has 0 bridgehead atoms. The van der Waals surface area contributed by atoms with Gasteiger partial charge in [-0.1, -0.05) is 12.1 Å². The number of carbonyl (C=O) groups is 1. The Morgan fingerprint density at radius 1 is 1.27 bits per heavy atom. The number of aromatic nitrogens is 2. The first-order chi connectivity index (χ1) is 12.8. The van der Waals surface area contributed by atoms with E-state index in [0.717, 1.165) is 36.2 Å². The average molecular weight is 368 g/mol. The van der Waals surface area contributed by atoms with Crippen LogP contribution in [0.1, 0.15) is 10.4 Å². The molecule has 26 heavy (non-hydrogen) atoms. The number of anilines is 1. The fraction of sp³-hybridized carbons (Fsp3) is 0.316. The molecular weight excluding hydrogens is 348 g/mol. The Balaban J connectivity index is 1.23. The lowest BCUT2D eigenvalue weighted by atomic mass is 10.1. The zero-order valence-electron chi connectivity index (χ0n) is 14.4. The monoisotopic (exact) mass is 368 g/mol. The summed E-state index contributed by atoms with van der Waals surface area (Å²) >= 11 is 1.80. The third kappa shape index (κ3) is 3.84. The quantitative estimate of drug-likeness (QED) is 0.533. The van der Waals surface area contributed by atoms with E-state index in [1.807, 2.05) is 24.3 Å². The lowest BCUT2D eigenvalue weighted by Gasteiger charge is -2.25. The van der Waals surface area contributed by atoms with Crippen molar-refractivity contribution in [2.24, 2.45) is 0 Å². The van der Waals surface area contributed by atoms with Gasteiger partial charge in [0.15, 0.2) is 0 Å². The van der Waals surface area contributed by atoms with Crippen LogP contribution >= 0.6 is 11.3 Å². The average Bonchev–Trinajstić information content (AvgIpc) is 3.13. The van der Waals surface area contributed by atoms with Gasteiger partial charge >= 0.3 is 5.97 Å². The number of esters is 1. The highest BCUT2D eigenvalue weighted by atomic mass is 32.1. The van der Waals surface area contributed by atoms with Crippen molar-refractivity contribution in [2.45, 2.75) is 13.0 Å². The molecule has 0 aliphatic carbocycles. The fourth-order valence-electron chi connectivity index (χ4n) is 3.15. The molecule has 134 valence electrons. The molecule has 0 saturated carbocycles. The Morgan fingerprint density at radius 3 is 3.15 bits per heavy atom. The lowest BCUT2D eigenvalue weighted by Crippen LogP contribution is -2.35. The topological polar surface area (TPSA) is 67.3 Å². The summed E-state index contributed by atoms with van der Waals surface area (Å²) in [7, 11) is 0. The van der Waals surface area contributed by atoms with E-state index in [9.17, 15) is 4.79 Å². The standard InChI is InChI=1S/C19H20N4O2S/c24-18(12-23-8-5-17-14(11-23)6-10-26-17)25-9-7-20-19-15-3-1-2-4-16(15)21-13-22-19/h1-4,6,10,13H,5,7-9,11-12H2,(H,20,21,22). The number of hydrogen-bond donors (Lipinski definition) is 1. The van der Waals surface area contributed by atoms with Crippen LogP contribution in [0.15, 0.2) is 42.0 Å². The van der Waals surface area contributed by atoms with E-state index in [-0.39, 0.29) is 5.97 Å². The van der Waals surface area contributed by atoms with E-state index in [4.69, 9.17) is 4.74 Å². The molecule has 1 N–H and O–H groups in total. The van der Waals surface area contributed by atoms with Gasteiger partial charge in [-0.05, 0) is 35.6 Å². The minimum absolute atomic E-state index is 0.182. The van der Waals surface area contributed by atoms with Crippen LogP contribution in [-0.4, -0.2) is 47.1 Å². The molecule has 0 spiro atoms. The van der Waals surface area contributed by atoms with Gasteiger partial charge in [-0.3, -0.25) is 9.69 Å². The second-order valence-corrected chi connectivity index (χ2v) is 7.22. The summed E-state index contributed by atoms with van der Waals surface area (Å²) in [6.45, 7) is 2.91. The van der Waals surface area contributed by atoms with Gasteiger partial charge in [-0.15, -0.1) is 11.3 Å². The zero-order chi connectivity index (χ0) is 17.8. The van der Waals surface area contributed by atoms with Gasteiger partial charge in [0.25, 0.3) is 0 Å². The molecule has 4 rings (SSSR count). The number of fused-ring (bicyclic) bond motifs is 2. The summed E-state index contributed by atoms with van der Waals surface area (Å²) in [5.74, 6) is 0.575. The molecule has 0 amide bonds. The van der Waals surface area contributed by atoms with E-state index in [1.165, 1.54) is 16.8 Å². The van der Waals surface area contributed by atoms with E-state index in [2.05, 4.69) is 31.6 Å². The summed E-state index contributed by atoms with van der Waals surface area (Å²) in [4.78, 5) is 24.2. The van der Waals surface area contributed by atoms with Gasteiger partial charge in [0.2, 0.25) is 0 Å². The molecule has 1 aliphatic heterocycles. The predicted octanol–water partition coefficient (Wildman–Crippen LogP) is 2.70. The fourth-order valence-corrected chi connectivity index (χ4v) is 4.04. The molecule has 0 unspecified atom stereocenters. The number of nitrogens with zero attached hydrogens (tertiary/aromatic N) is 3. The first kappa shape index (κ1) is 16.9. The van der Waals surface area contributed by atoms with Gasteiger partial charge in [-0.25, -0.2) is 9.97 Å². The second-order valence-electron chi connectivity index (χ2n) is 6.22. The van der Waals surface area contributed by atoms with Gasteiger partial charge in [0.1, 0.15) is 18.8 Å². The molecule has 0 saturated heterocycles. The predicted molar refractivity (Wildman–Crippen MR) is 102 cm³/mol. The van der Waals surface area contributed by atoms with Crippen molar-refractivity contribution in [1.82, 2.24) is 14.9 Å². The van der Waals surface area contributed by atoms with Crippen LogP contribution in [0.2, 0.25) is 0 Å². The number of carbonyl (C=O) groups excluding carboxylic acids is 1. The van der Waals surface area contributed by atoms with Gasteiger partial charge in [0.05, 0.1) is 18.6 Å². The molecule has 1 aliphatic rings. The largest absolute Gasteiger partial charge is 0.463 e. The molecule has 6 nitrogen and oxygen atoms in total. The minimum Gasteiger partial charge on any atom is -0.463 e. The van der Waals surface area contributed by atoms with Crippen molar-refractivity contribution >= 4 is 34.0 Å². The van der Waals surface area contributed by atoms with Crippen molar-refractivity contribution in [3.8, 4) is 0 Å². The van der Waals surface area contributed by atoms with Crippen molar-refractivity contribution in [2.75, 3.05) is 31.6 Å². The first-order valence-corrected chi connectivity index (χ1v) is 9.54. The van der Waals surface area contributed by atoms with E-state index in [0.29, 0.717) is 19.7 Å². The highest BCUT2D eigenvalue weighted by molar-refractivity contribution is 7.10. The van der Waals surface area contributed by atoms with Crippen LogP contribution in [0.25, 0.3) is 10.9 Å². The van der Waals surface area contributed by atoms with Crippen molar-refractivity contribution < 1.29 is 9.53 Å². The third-order valence-electron chi connectivity index (χ3n) is 4.44. The third-order valence-corrected chi connectivity index (χ3v) is 5.46. The maximum absolute atomic E-state index is 12.1. The molecule has 1 aromatic carbocycles. The van der Waals surface area contributed by atoms with Gasteiger partial charge in [0, 0.05) is 23.4 Å². The zero-order valence-corrected chi connectivity index (χ0v) is 15.2. The Labute approximate surface area is 155 Å². The van der Waals surface area contributed by atoms with E-state index < -0.39 is 0 Å². The molecule has 2 aromatic heterocycles. The first-order valence-electron chi connectivity index (χ1n) is 8.66. The van der Waals surface area contributed by atoms with Crippen LogP contribution in [0.4, 0.5) is 5.82 Å². The van der Waals surface area contributed by atoms with Crippen LogP contribution in [0, 0.1) is 0 Å². The maximum Gasteiger partial charge on any atom is 0.320 e. The normalized spacial score (nSPS) is 14.2. The number of ether oxygens (including phenoxy) is 1. The van der Waals surface area contributed by atoms with Crippen LogP contribution in [-0.2, 0) is 22.5 Å². The van der Waals surface area contributed by atoms with Crippen molar-refractivity contribution in [3.63, 3.8) is 0 Å². The van der Waals surface area contributed by atoms with Crippen LogP contribution < -0.4 is 5.32 Å². The number of hydrogen-bond acceptors (Lipinski definition) is 7. The number of nitrogens with one attached hydrogen (secondary N) is 1. The van der Waals surface area contributed by atoms with Crippen molar-refractivity contribution in [3.05, 3.63) is 52.5 Å². The lowest BCUT2D eigenvalue weighted by molar-refractivity contribution is -0.144. The smallest absolute Gasteiger partial charge is 0.320 e. The maximum atomic E-state index is 12.1. The van der Waals surface area contributed by atoms with E-state index in [1.54, 1.807) is 11.3 Å². The molecule has 0 fully saturated rings. The molecule has 3 heterocycles. The summed E-state index contributed by atoms with van der Waals surface area (Å²) in [6, 6.07) is 9.96. The molecule has 0 radical (unpaired) electrons. The summed E-state index contributed by atoms with van der Waals surface area (Å²) in [6.07, 6.45) is 2.55. The summed E-state index contributed by atoms with van der Waals surface area (Å²) in [5, 5.41) is 6.30. The summed E-state index contributed by atoms with van der Waals surface area (Å²) < 4.78 is 5.36. The second kappa shape index (κ2) is 7.80. The molecular formula is C19H20N4O2S. The SMILES string of the molecule is O=C(CN1CCc2sccc2C1)OCCNc1ncnc2ccccc12. The molecule has 7 heteroatoms. The van der Waals surface area contributed by atoms with Crippen molar-refractivity contribution in [1.29, 1.82) is 0 Å². The Hall–Kier alpha value is -2.51. The summed E-state index contributed by atoms with van der Waals surface area (Å²) in [5.41, 5.74) is 2.23. The minimum atomic E-state index is -0.182. The highest BCUT2D eigenvalue weighted by Gasteiger charge is 2.19. The number of rotatable bonds is 6. The van der Waals surface area contributed by atoms with Crippen LogP contribution in [0.3, 0.4) is 0 Å². The Bertz CT molecular complexity index is 906. The van der Waals surface area contributed by atoms with E-state index >= 15 is 0 Å². The van der Waals surface area contributed by atoms with Gasteiger partial charge in [-0.2, -0.15) is 0 Å². The Kier molecular flexibility index (Phi) is 5.08. The highest BCUT2D eigenvalue weighted by Crippen LogP contribution is 2.23.